The molecule has 2 heterocycles. The number of thiazole rings is 1. The van der Waals surface area contributed by atoms with Gasteiger partial charge < -0.3 is 5.32 Å². The normalized spacial score (nSPS) is 21.3. The summed E-state index contributed by atoms with van der Waals surface area (Å²) in [6, 6.07) is 17.2. The van der Waals surface area contributed by atoms with Crippen LogP contribution in [0, 0.1) is 23.7 Å². The van der Waals surface area contributed by atoms with Crippen LogP contribution in [0.4, 0.5) is 0 Å². The minimum absolute atomic E-state index is 0.0377. The highest BCUT2D eigenvalue weighted by Gasteiger charge is 2.48. The number of rotatable bonds is 3. The number of guanidine groups is 1. The Kier molecular flexibility index (Phi) is 4.88. The summed E-state index contributed by atoms with van der Waals surface area (Å²) in [5.41, 5.74) is 3.19. The van der Waals surface area contributed by atoms with Crippen LogP contribution in [0.5, 0.6) is 0 Å². The molecule has 7 heteroatoms. The van der Waals surface area contributed by atoms with Gasteiger partial charge in [-0.1, -0.05) is 36.4 Å². The van der Waals surface area contributed by atoms with Crippen LogP contribution in [0.1, 0.15) is 34.5 Å². The highest BCUT2D eigenvalue weighted by atomic mass is 32.1. The van der Waals surface area contributed by atoms with E-state index in [0.717, 1.165) is 27.4 Å². The smallest absolute Gasteiger partial charge is 0.239 e. The number of amides is 1. The fourth-order valence-corrected chi connectivity index (χ4v) is 4.54. The summed E-state index contributed by atoms with van der Waals surface area (Å²) in [6.45, 7) is 3.88. The second-order valence-corrected chi connectivity index (χ2v) is 8.63. The molecule has 30 heavy (non-hydrogen) atoms. The van der Waals surface area contributed by atoms with Crippen LogP contribution < -0.4 is 5.32 Å². The Morgan fingerprint density at radius 2 is 2.00 bits per heavy atom. The first-order valence-electron chi connectivity index (χ1n) is 9.51. The molecule has 6 nitrogen and oxygen atoms in total. The van der Waals surface area contributed by atoms with Gasteiger partial charge in [-0.2, -0.15) is 5.26 Å². The van der Waals surface area contributed by atoms with Gasteiger partial charge in [0.1, 0.15) is 0 Å². The number of benzene rings is 2. The molecule has 1 amide bonds. The van der Waals surface area contributed by atoms with Crippen molar-refractivity contribution in [2.24, 2.45) is 0 Å². The minimum Gasteiger partial charge on any atom is -0.346 e. The van der Waals surface area contributed by atoms with E-state index in [4.69, 9.17) is 5.41 Å². The van der Waals surface area contributed by atoms with Crippen LogP contribution in [0.2, 0.25) is 0 Å². The summed E-state index contributed by atoms with van der Waals surface area (Å²) in [5, 5.41) is 23.8. The van der Waals surface area contributed by atoms with E-state index >= 15 is 0 Å². The average molecular weight is 416 g/mol. The van der Waals surface area contributed by atoms with Gasteiger partial charge >= 0.3 is 0 Å². The van der Waals surface area contributed by atoms with Crippen LogP contribution in [0.3, 0.4) is 0 Å². The predicted molar refractivity (Wildman–Crippen MR) is 117 cm³/mol. The zero-order valence-electron chi connectivity index (χ0n) is 16.9. The number of nitrogens with one attached hydrogen (secondary N) is 2. The molecule has 1 aromatic heterocycles. The number of carbonyl (C=O) groups excluding carboxylic acids is 1. The Balaban J connectivity index is 1.80. The Labute approximate surface area is 179 Å². The molecule has 1 fully saturated rings. The SMILES string of the molecule is Cc1nc(-c2ccc([C@@H]3C(=O)N(C)C(=N)N[C@]3(C)c3cccc(C#N)c3)cc2)cs1. The van der Waals surface area contributed by atoms with Gasteiger partial charge in [0.05, 0.1) is 33.8 Å². The molecular weight excluding hydrogens is 394 g/mol. The first kappa shape index (κ1) is 19.8. The van der Waals surface area contributed by atoms with E-state index in [1.165, 1.54) is 4.90 Å². The van der Waals surface area contributed by atoms with E-state index in [1.807, 2.05) is 49.6 Å². The zero-order chi connectivity index (χ0) is 21.5. The molecule has 0 radical (unpaired) electrons. The number of aryl methyl sites for hydroxylation is 1. The lowest BCUT2D eigenvalue weighted by Crippen LogP contribution is -2.62. The molecule has 2 aromatic carbocycles. The van der Waals surface area contributed by atoms with Crippen LogP contribution in [-0.4, -0.2) is 28.8 Å². The van der Waals surface area contributed by atoms with Gasteiger partial charge in [-0.15, -0.1) is 11.3 Å². The number of aromatic nitrogens is 1. The first-order valence-corrected chi connectivity index (χ1v) is 10.4. The minimum atomic E-state index is -0.869. The molecule has 0 saturated carbocycles. The number of carbonyl (C=O) groups is 1. The third kappa shape index (κ3) is 3.25. The maximum absolute atomic E-state index is 13.3. The largest absolute Gasteiger partial charge is 0.346 e. The predicted octanol–water partition coefficient (Wildman–Crippen LogP) is 3.99. The maximum atomic E-state index is 13.3. The molecule has 0 bridgehead atoms. The number of hydrogen-bond acceptors (Lipinski definition) is 5. The lowest BCUT2D eigenvalue weighted by Gasteiger charge is -2.46. The van der Waals surface area contributed by atoms with Crippen molar-refractivity contribution >= 4 is 23.2 Å². The van der Waals surface area contributed by atoms with E-state index in [1.54, 1.807) is 36.6 Å². The van der Waals surface area contributed by atoms with E-state index < -0.39 is 11.5 Å². The fraction of sp³-hybridized carbons (Fsp3) is 0.217. The summed E-state index contributed by atoms with van der Waals surface area (Å²) in [6.07, 6.45) is 0. The lowest BCUT2D eigenvalue weighted by molar-refractivity contribution is -0.131. The van der Waals surface area contributed by atoms with Crippen molar-refractivity contribution in [2.75, 3.05) is 7.05 Å². The Bertz CT molecular complexity index is 1180. The van der Waals surface area contributed by atoms with Crippen LogP contribution in [0.25, 0.3) is 11.3 Å². The van der Waals surface area contributed by atoms with E-state index in [0.29, 0.717) is 5.56 Å². The van der Waals surface area contributed by atoms with Gasteiger partial charge in [-0.05, 0) is 37.1 Å². The molecule has 1 aliphatic heterocycles. The zero-order valence-corrected chi connectivity index (χ0v) is 17.7. The van der Waals surface area contributed by atoms with Crippen molar-refractivity contribution in [3.8, 4) is 17.3 Å². The van der Waals surface area contributed by atoms with Gasteiger partial charge in [-0.25, -0.2) is 4.98 Å². The van der Waals surface area contributed by atoms with Crippen molar-refractivity contribution in [2.45, 2.75) is 25.3 Å². The quantitative estimate of drug-likeness (QED) is 0.677. The van der Waals surface area contributed by atoms with Crippen molar-refractivity contribution < 1.29 is 4.79 Å². The molecule has 1 saturated heterocycles. The molecule has 1 aliphatic rings. The molecule has 4 rings (SSSR count). The highest BCUT2D eigenvalue weighted by Crippen LogP contribution is 2.41. The highest BCUT2D eigenvalue weighted by molar-refractivity contribution is 7.09. The number of nitriles is 1. The number of hydrogen-bond donors (Lipinski definition) is 2. The number of likely N-dealkylation sites (N-methyl/N-ethyl adjacent to an activating group) is 1. The summed E-state index contributed by atoms with van der Waals surface area (Å²) >= 11 is 1.60. The second kappa shape index (κ2) is 7.39. The summed E-state index contributed by atoms with van der Waals surface area (Å²) < 4.78 is 0. The summed E-state index contributed by atoms with van der Waals surface area (Å²) in [7, 11) is 1.60. The third-order valence-corrected chi connectivity index (χ3v) is 6.39. The molecule has 3 aromatic rings. The lowest BCUT2D eigenvalue weighted by atomic mass is 9.73. The first-order chi connectivity index (χ1) is 14.3. The molecule has 0 unspecified atom stereocenters. The Morgan fingerprint density at radius 3 is 2.63 bits per heavy atom. The maximum Gasteiger partial charge on any atom is 0.239 e. The van der Waals surface area contributed by atoms with E-state index in [9.17, 15) is 10.1 Å². The molecule has 0 spiro atoms. The van der Waals surface area contributed by atoms with Crippen LogP contribution in [0.15, 0.2) is 53.9 Å². The molecular formula is C23H21N5OS. The van der Waals surface area contributed by atoms with Gasteiger partial charge in [0.25, 0.3) is 0 Å². The van der Waals surface area contributed by atoms with E-state index in [-0.39, 0.29) is 11.9 Å². The summed E-state index contributed by atoms with van der Waals surface area (Å²) in [5.74, 6) is -0.687. The molecule has 2 N–H and O–H groups in total. The molecule has 0 aliphatic carbocycles. The fourth-order valence-electron chi connectivity index (χ4n) is 3.92. The van der Waals surface area contributed by atoms with Crippen molar-refractivity contribution in [3.63, 3.8) is 0 Å². The van der Waals surface area contributed by atoms with Crippen molar-refractivity contribution in [1.82, 2.24) is 15.2 Å². The van der Waals surface area contributed by atoms with Gasteiger partial charge in [0, 0.05) is 18.0 Å². The standard InChI is InChI=1S/C23H21N5OS/c1-14-26-19(13-30-14)16-7-9-17(10-8-16)20-21(29)28(3)22(25)27-23(20,2)18-6-4-5-15(11-18)12-24/h4-11,13,20H,1-3H3,(H2,25,27)/t20-,23-/m1/s1. The van der Waals surface area contributed by atoms with Crippen LogP contribution in [-0.2, 0) is 10.3 Å². The number of nitrogens with zero attached hydrogens (tertiary/aromatic N) is 3. The monoisotopic (exact) mass is 415 g/mol. The average Bonchev–Trinajstić information content (AvgIpc) is 3.19. The van der Waals surface area contributed by atoms with Crippen LogP contribution >= 0.6 is 11.3 Å². The van der Waals surface area contributed by atoms with Gasteiger partial charge in [0.15, 0.2) is 5.96 Å². The van der Waals surface area contributed by atoms with Crippen molar-refractivity contribution in [1.29, 1.82) is 10.7 Å². The van der Waals surface area contributed by atoms with E-state index in [2.05, 4.69) is 16.4 Å². The van der Waals surface area contributed by atoms with Gasteiger partial charge in [0.2, 0.25) is 5.91 Å². The molecule has 2 atom stereocenters. The van der Waals surface area contributed by atoms with Crippen molar-refractivity contribution in [3.05, 3.63) is 75.6 Å². The second-order valence-electron chi connectivity index (χ2n) is 7.57. The summed E-state index contributed by atoms with van der Waals surface area (Å²) in [4.78, 5) is 19.2. The molecule has 150 valence electrons. The topological polar surface area (TPSA) is 92.9 Å². The Morgan fingerprint density at radius 1 is 1.27 bits per heavy atom. The van der Waals surface area contributed by atoms with Gasteiger partial charge in [-0.3, -0.25) is 15.1 Å². The third-order valence-electron chi connectivity index (χ3n) is 5.62. The Hall–Kier alpha value is -3.50.